The van der Waals surface area contributed by atoms with Crippen molar-refractivity contribution in [2.45, 2.75) is 58.0 Å². The largest absolute Gasteiger partial charge is 0.352 e. The lowest BCUT2D eigenvalue weighted by molar-refractivity contribution is -0.123. The molecule has 1 saturated heterocycles. The Kier molecular flexibility index (Phi) is 4.37. The molecule has 1 aromatic rings. The molecule has 0 aromatic carbocycles. The van der Waals surface area contributed by atoms with Gasteiger partial charge in [-0.05, 0) is 50.4 Å². The number of aromatic nitrogens is 2. The molecule has 2 aliphatic carbocycles. The van der Waals surface area contributed by atoms with Gasteiger partial charge in [-0.1, -0.05) is 6.42 Å². The molecule has 0 radical (unpaired) electrons. The van der Waals surface area contributed by atoms with Crippen molar-refractivity contribution in [2.75, 3.05) is 13.1 Å². The third kappa shape index (κ3) is 3.37. The molecular weight excluding hydrogens is 300 g/mol. The summed E-state index contributed by atoms with van der Waals surface area (Å²) in [5.74, 6) is 2.42. The maximum atomic E-state index is 12.4. The highest BCUT2D eigenvalue weighted by Gasteiger charge is 2.43. The molecule has 1 N–H and O–H groups in total. The lowest BCUT2D eigenvalue weighted by Crippen LogP contribution is -2.42. The predicted molar refractivity (Wildman–Crippen MR) is 93.3 cm³/mol. The Morgan fingerprint density at radius 1 is 1.29 bits per heavy atom. The van der Waals surface area contributed by atoms with Gasteiger partial charge in [0.05, 0.1) is 6.20 Å². The van der Waals surface area contributed by atoms with E-state index in [4.69, 9.17) is 0 Å². The lowest BCUT2D eigenvalue weighted by Gasteiger charge is -2.26. The zero-order chi connectivity index (χ0) is 16.7. The normalized spacial score (nSPS) is 28.1. The van der Waals surface area contributed by atoms with Crippen molar-refractivity contribution in [3.05, 3.63) is 17.5 Å². The number of likely N-dealkylation sites (tertiary alicyclic amines) is 1. The van der Waals surface area contributed by atoms with Crippen LogP contribution in [-0.4, -0.2) is 39.7 Å². The first-order valence-corrected chi connectivity index (χ1v) is 9.59. The molecule has 0 bridgehead atoms. The Labute approximate surface area is 144 Å². The zero-order valence-corrected chi connectivity index (χ0v) is 15.0. The van der Waals surface area contributed by atoms with Gasteiger partial charge in [0.2, 0.25) is 5.91 Å². The van der Waals surface area contributed by atoms with Gasteiger partial charge in [0.1, 0.15) is 0 Å². The van der Waals surface area contributed by atoms with Crippen LogP contribution in [0.25, 0.3) is 0 Å². The zero-order valence-electron chi connectivity index (χ0n) is 15.0. The van der Waals surface area contributed by atoms with Gasteiger partial charge in [0.15, 0.2) is 0 Å². The van der Waals surface area contributed by atoms with Crippen LogP contribution in [0.2, 0.25) is 0 Å². The summed E-state index contributed by atoms with van der Waals surface area (Å²) in [4.78, 5) is 14.9. The van der Waals surface area contributed by atoms with Crippen molar-refractivity contribution >= 4 is 5.91 Å². The molecule has 2 saturated carbocycles. The predicted octanol–water partition coefficient (Wildman–Crippen LogP) is 2.25. The van der Waals surface area contributed by atoms with Crippen LogP contribution in [0, 0.1) is 24.7 Å². The van der Waals surface area contributed by atoms with Gasteiger partial charge in [-0.25, -0.2) is 0 Å². The molecule has 5 nitrogen and oxygen atoms in total. The Balaban J connectivity index is 1.36. The number of aryl methyl sites for hydroxylation is 1. The van der Waals surface area contributed by atoms with Gasteiger partial charge < -0.3 is 5.32 Å². The summed E-state index contributed by atoms with van der Waals surface area (Å²) < 4.78 is 1.95. The second-order valence-electron chi connectivity index (χ2n) is 8.25. The average molecular weight is 330 g/mol. The van der Waals surface area contributed by atoms with Crippen molar-refractivity contribution in [1.29, 1.82) is 0 Å². The first kappa shape index (κ1) is 16.1. The molecule has 1 aliphatic heterocycles. The van der Waals surface area contributed by atoms with Crippen LogP contribution in [-0.2, 0) is 18.4 Å². The lowest BCUT2D eigenvalue weighted by atomic mass is 9.82. The van der Waals surface area contributed by atoms with Crippen molar-refractivity contribution in [3.8, 4) is 0 Å². The monoisotopic (exact) mass is 330 g/mol. The fourth-order valence-electron chi connectivity index (χ4n) is 4.36. The van der Waals surface area contributed by atoms with Crippen LogP contribution >= 0.6 is 0 Å². The number of carbonyl (C=O) groups is 1. The number of hydrogen-bond acceptors (Lipinski definition) is 3. The van der Waals surface area contributed by atoms with Crippen LogP contribution in [0.5, 0.6) is 0 Å². The average Bonchev–Trinajstić information content (AvgIpc) is 3.22. The molecule has 5 heteroatoms. The summed E-state index contributed by atoms with van der Waals surface area (Å²) in [6, 6.07) is 0.349. The minimum Gasteiger partial charge on any atom is -0.352 e. The maximum Gasteiger partial charge on any atom is 0.220 e. The van der Waals surface area contributed by atoms with Crippen LogP contribution in [0.3, 0.4) is 0 Å². The van der Waals surface area contributed by atoms with E-state index >= 15 is 0 Å². The van der Waals surface area contributed by atoms with Crippen LogP contribution in [0.15, 0.2) is 6.20 Å². The summed E-state index contributed by atoms with van der Waals surface area (Å²) in [7, 11) is 2.00. The van der Waals surface area contributed by atoms with E-state index in [1.165, 1.54) is 43.4 Å². The fraction of sp³-hybridized carbons (Fsp3) is 0.789. The molecule has 3 aliphatic rings. The third-order valence-electron chi connectivity index (χ3n) is 6.44. The van der Waals surface area contributed by atoms with E-state index < -0.39 is 0 Å². The van der Waals surface area contributed by atoms with Crippen molar-refractivity contribution in [3.63, 3.8) is 0 Å². The van der Waals surface area contributed by atoms with Gasteiger partial charge in [0, 0.05) is 50.4 Å². The molecule has 24 heavy (non-hydrogen) atoms. The van der Waals surface area contributed by atoms with E-state index in [1.54, 1.807) is 0 Å². The maximum absolute atomic E-state index is 12.4. The third-order valence-corrected chi connectivity index (χ3v) is 6.44. The van der Waals surface area contributed by atoms with Crippen LogP contribution in [0.4, 0.5) is 0 Å². The summed E-state index contributed by atoms with van der Waals surface area (Å²) in [5, 5.41) is 7.74. The first-order valence-electron chi connectivity index (χ1n) is 9.59. The number of carbonyl (C=O) groups excluding carboxylic acids is 1. The Bertz CT molecular complexity index is 603. The molecule has 2 heterocycles. The van der Waals surface area contributed by atoms with E-state index in [0.717, 1.165) is 32.0 Å². The van der Waals surface area contributed by atoms with E-state index in [0.29, 0.717) is 17.9 Å². The minimum absolute atomic E-state index is 0.287. The smallest absolute Gasteiger partial charge is 0.220 e. The van der Waals surface area contributed by atoms with Crippen molar-refractivity contribution in [2.24, 2.45) is 24.8 Å². The summed E-state index contributed by atoms with van der Waals surface area (Å²) in [5.41, 5.74) is 2.56. The quantitative estimate of drug-likeness (QED) is 0.870. The highest BCUT2D eigenvalue weighted by molar-refractivity contribution is 5.76. The van der Waals surface area contributed by atoms with Crippen molar-refractivity contribution < 1.29 is 4.79 Å². The molecule has 0 unspecified atom stereocenters. The first-order chi connectivity index (χ1) is 11.6. The Morgan fingerprint density at radius 3 is 2.67 bits per heavy atom. The topological polar surface area (TPSA) is 50.2 Å². The molecule has 2 atom stereocenters. The van der Waals surface area contributed by atoms with E-state index in [9.17, 15) is 4.79 Å². The fourth-order valence-corrected chi connectivity index (χ4v) is 4.36. The Morgan fingerprint density at radius 2 is 2.08 bits per heavy atom. The number of hydrogen-bond donors (Lipinski definition) is 1. The van der Waals surface area contributed by atoms with Crippen molar-refractivity contribution in [1.82, 2.24) is 20.0 Å². The number of amides is 1. The summed E-state index contributed by atoms with van der Waals surface area (Å²) in [6.45, 7) is 5.20. The standard InChI is InChI=1S/C19H30N4O/c1-13-16(9-20-22(13)2)10-23-11-17(15-6-7-15)18(12-23)21-19(24)8-14-4-3-5-14/h9,14-15,17-18H,3-8,10-12H2,1-2H3,(H,21,24)/t17-,18+/m1/s1. The highest BCUT2D eigenvalue weighted by atomic mass is 16.1. The summed E-state index contributed by atoms with van der Waals surface area (Å²) >= 11 is 0. The van der Waals surface area contributed by atoms with Gasteiger partial charge in [0.25, 0.3) is 0 Å². The minimum atomic E-state index is 0.287. The molecule has 4 rings (SSSR count). The van der Waals surface area contributed by atoms with E-state index in [-0.39, 0.29) is 5.91 Å². The highest BCUT2D eigenvalue weighted by Crippen LogP contribution is 2.42. The second-order valence-corrected chi connectivity index (χ2v) is 8.25. The molecule has 132 valence electrons. The second kappa shape index (κ2) is 6.51. The van der Waals surface area contributed by atoms with Gasteiger partial charge in [-0.3, -0.25) is 14.4 Å². The van der Waals surface area contributed by atoms with E-state index in [1.807, 2.05) is 17.9 Å². The molecule has 1 aromatic heterocycles. The van der Waals surface area contributed by atoms with Crippen LogP contribution < -0.4 is 5.32 Å². The van der Waals surface area contributed by atoms with Gasteiger partial charge >= 0.3 is 0 Å². The molecular formula is C19H30N4O. The SMILES string of the molecule is Cc1c(CN2C[C@H](NC(=O)CC3CCC3)[C@@H](C3CC3)C2)cnn1C. The molecule has 1 amide bonds. The van der Waals surface area contributed by atoms with Crippen LogP contribution in [0.1, 0.15) is 49.8 Å². The molecule has 3 fully saturated rings. The van der Waals surface area contributed by atoms with E-state index in [2.05, 4.69) is 22.2 Å². The number of nitrogens with one attached hydrogen (secondary N) is 1. The Hall–Kier alpha value is -1.36. The number of rotatable bonds is 6. The van der Waals surface area contributed by atoms with Gasteiger partial charge in [-0.2, -0.15) is 5.10 Å². The summed E-state index contributed by atoms with van der Waals surface area (Å²) in [6.07, 6.45) is 9.23. The molecule has 0 spiro atoms. The van der Waals surface area contributed by atoms with Gasteiger partial charge in [-0.15, -0.1) is 0 Å². The number of nitrogens with zero attached hydrogens (tertiary/aromatic N) is 3.